The van der Waals surface area contributed by atoms with Gasteiger partial charge in [-0.1, -0.05) is 13.0 Å². The quantitative estimate of drug-likeness (QED) is 0.780. The van der Waals surface area contributed by atoms with Gasteiger partial charge in [0.05, 0.1) is 12.2 Å². The molecule has 0 aromatic carbocycles. The van der Waals surface area contributed by atoms with Crippen LogP contribution in [0.3, 0.4) is 0 Å². The molecule has 0 amide bonds. The second-order valence-electron chi connectivity index (χ2n) is 4.57. The average molecular weight is 231 g/mol. The third-order valence-electron chi connectivity index (χ3n) is 3.26. The van der Waals surface area contributed by atoms with E-state index in [1.807, 2.05) is 12.1 Å². The fourth-order valence-corrected chi connectivity index (χ4v) is 2.00. The van der Waals surface area contributed by atoms with E-state index in [2.05, 4.69) is 29.8 Å². The first kappa shape index (κ1) is 11.9. The van der Waals surface area contributed by atoms with E-state index in [-0.39, 0.29) is 5.60 Å². The molecule has 1 fully saturated rings. The Morgan fingerprint density at radius 2 is 2.41 bits per heavy atom. The van der Waals surface area contributed by atoms with E-state index >= 15 is 0 Å². The first-order valence-corrected chi connectivity index (χ1v) is 5.93. The van der Waals surface area contributed by atoms with Crippen LogP contribution in [0.4, 0.5) is 5.82 Å². The summed E-state index contributed by atoms with van der Waals surface area (Å²) in [6.07, 6.45) is 0.974. The summed E-state index contributed by atoms with van der Waals surface area (Å²) in [5.41, 5.74) is 0.356. The Hall–Kier alpha value is -1.60. The molecular formula is C13H17N3O. The van der Waals surface area contributed by atoms with E-state index in [0.29, 0.717) is 12.3 Å². The topological polar surface area (TPSA) is 49.2 Å². The SMILES string of the molecule is CCC1(C)CN(c2cccc(C#N)n2)CCO1. The van der Waals surface area contributed by atoms with Gasteiger partial charge < -0.3 is 9.64 Å². The molecule has 2 rings (SSSR count). The Labute approximate surface area is 102 Å². The molecule has 1 saturated heterocycles. The molecule has 1 unspecified atom stereocenters. The van der Waals surface area contributed by atoms with E-state index in [1.54, 1.807) is 6.07 Å². The highest BCUT2D eigenvalue weighted by molar-refractivity contribution is 5.42. The highest BCUT2D eigenvalue weighted by Gasteiger charge is 2.30. The van der Waals surface area contributed by atoms with Crippen LogP contribution in [0.1, 0.15) is 26.0 Å². The predicted octanol–water partition coefficient (Wildman–Crippen LogP) is 1.96. The van der Waals surface area contributed by atoms with Crippen molar-refractivity contribution < 1.29 is 4.74 Å². The first-order chi connectivity index (χ1) is 8.17. The summed E-state index contributed by atoms with van der Waals surface area (Å²) in [7, 11) is 0. The molecule has 1 aromatic rings. The van der Waals surface area contributed by atoms with E-state index in [1.165, 1.54) is 0 Å². The number of morpholine rings is 1. The minimum Gasteiger partial charge on any atom is -0.372 e. The van der Waals surface area contributed by atoms with Crippen LogP contribution in [0.15, 0.2) is 18.2 Å². The van der Waals surface area contributed by atoms with Crippen LogP contribution in [0, 0.1) is 11.3 Å². The van der Waals surface area contributed by atoms with Gasteiger partial charge in [0.1, 0.15) is 17.6 Å². The van der Waals surface area contributed by atoms with E-state index in [4.69, 9.17) is 10.00 Å². The smallest absolute Gasteiger partial charge is 0.142 e. The third-order valence-corrected chi connectivity index (χ3v) is 3.26. The van der Waals surface area contributed by atoms with Crippen molar-refractivity contribution in [2.75, 3.05) is 24.6 Å². The second kappa shape index (κ2) is 4.72. The lowest BCUT2D eigenvalue weighted by molar-refractivity contribution is -0.0443. The van der Waals surface area contributed by atoms with Gasteiger partial charge in [-0.3, -0.25) is 0 Å². The van der Waals surface area contributed by atoms with Crippen LogP contribution >= 0.6 is 0 Å². The van der Waals surface area contributed by atoms with Gasteiger partial charge in [-0.05, 0) is 25.5 Å². The highest BCUT2D eigenvalue weighted by Crippen LogP contribution is 2.24. The summed E-state index contributed by atoms with van der Waals surface area (Å²) in [5.74, 6) is 0.868. The number of aromatic nitrogens is 1. The van der Waals surface area contributed by atoms with Crippen molar-refractivity contribution in [2.45, 2.75) is 25.9 Å². The van der Waals surface area contributed by atoms with Crippen LogP contribution in [0.25, 0.3) is 0 Å². The molecular weight excluding hydrogens is 214 g/mol. The maximum Gasteiger partial charge on any atom is 0.142 e. The summed E-state index contributed by atoms with van der Waals surface area (Å²) in [6.45, 7) is 6.61. The molecule has 2 heterocycles. The van der Waals surface area contributed by atoms with Gasteiger partial charge in [0.2, 0.25) is 0 Å². The van der Waals surface area contributed by atoms with Crippen molar-refractivity contribution in [2.24, 2.45) is 0 Å². The molecule has 0 bridgehead atoms. The number of hydrogen-bond acceptors (Lipinski definition) is 4. The Morgan fingerprint density at radius 3 is 3.12 bits per heavy atom. The Kier molecular flexibility index (Phi) is 3.30. The highest BCUT2D eigenvalue weighted by atomic mass is 16.5. The fraction of sp³-hybridized carbons (Fsp3) is 0.538. The fourth-order valence-electron chi connectivity index (χ4n) is 2.00. The van der Waals surface area contributed by atoms with E-state index in [9.17, 15) is 0 Å². The molecule has 4 heteroatoms. The van der Waals surface area contributed by atoms with Crippen LogP contribution in [-0.2, 0) is 4.74 Å². The number of rotatable bonds is 2. The number of anilines is 1. The van der Waals surface area contributed by atoms with Gasteiger partial charge in [0.25, 0.3) is 0 Å². The summed E-state index contributed by atoms with van der Waals surface area (Å²) in [4.78, 5) is 6.51. The first-order valence-electron chi connectivity index (χ1n) is 5.93. The average Bonchev–Trinajstić information content (AvgIpc) is 2.39. The molecule has 90 valence electrons. The molecule has 1 atom stereocenters. The van der Waals surface area contributed by atoms with Crippen molar-refractivity contribution in [1.82, 2.24) is 4.98 Å². The van der Waals surface area contributed by atoms with Crippen molar-refractivity contribution in [3.63, 3.8) is 0 Å². The summed E-state index contributed by atoms with van der Waals surface area (Å²) >= 11 is 0. The molecule has 0 spiro atoms. The monoisotopic (exact) mass is 231 g/mol. The lowest BCUT2D eigenvalue weighted by atomic mass is 10.0. The number of ether oxygens (including phenoxy) is 1. The number of hydrogen-bond donors (Lipinski definition) is 0. The Balaban J connectivity index is 2.19. The van der Waals surface area contributed by atoms with Crippen molar-refractivity contribution in [1.29, 1.82) is 5.26 Å². The van der Waals surface area contributed by atoms with Crippen LogP contribution in [0.5, 0.6) is 0 Å². The van der Waals surface area contributed by atoms with Crippen molar-refractivity contribution in [3.05, 3.63) is 23.9 Å². The van der Waals surface area contributed by atoms with Gasteiger partial charge in [0.15, 0.2) is 0 Å². The number of nitriles is 1. The zero-order valence-electron chi connectivity index (χ0n) is 10.3. The van der Waals surface area contributed by atoms with Crippen LogP contribution in [-0.4, -0.2) is 30.3 Å². The number of pyridine rings is 1. The Bertz CT molecular complexity index is 441. The normalized spacial score (nSPS) is 24.4. The molecule has 1 aliphatic heterocycles. The molecule has 1 aliphatic rings. The van der Waals surface area contributed by atoms with Crippen LogP contribution in [0.2, 0.25) is 0 Å². The zero-order chi connectivity index (χ0) is 12.3. The molecule has 0 saturated carbocycles. The van der Waals surface area contributed by atoms with Gasteiger partial charge >= 0.3 is 0 Å². The molecule has 17 heavy (non-hydrogen) atoms. The Morgan fingerprint density at radius 1 is 1.59 bits per heavy atom. The minimum absolute atomic E-state index is 0.109. The second-order valence-corrected chi connectivity index (χ2v) is 4.57. The zero-order valence-corrected chi connectivity index (χ0v) is 10.3. The lowest BCUT2D eigenvalue weighted by Gasteiger charge is -2.40. The summed E-state index contributed by atoms with van der Waals surface area (Å²) in [5, 5.41) is 8.85. The van der Waals surface area contributed by atoms with E-state index < -0.39 is 0 Å². The van der Waals surface area contributed by atoms with Crippen molar-refractivity contribution >= 4 is 5.82 Å². The summed E-state index contributed by atoms with van der Waals surface area (Å²) in [6, 6.07) is 7.62. The lowest BCUT2D eigenvalue weighted by Crippen LogP contribution is -2.50. The minimum atomic E-state index is -0.109. The van der Waals surface area contributed by atoms with Gasteiger partial charge in [-0.25, -0.2) is 4.98 Å². The van der Waals surface area contributed by atoms with Crippen molar-refractivity contribution in [3.8, 4) is 6.07 Å². The predicted molar refractivity (Wildman–Crippen MR) is 65.8 cm³/mol. The van der Waals surface area contributed by atoms with Gasteiger partial charge in [-0.2, -0.15) is 5.26 Å². The maximum absolute atomic E-state index is 8.85. The molecule has 0 N–H and O–H groups in total. The molecule has 1 aromatic heterocycles. The standard InChI is InChI=1S/C13H17N3O/c1-3-13(2)10-16(7-8-17-13)12-6-4-5-11(9-14)15-12/h4-6H,3,7-8,10H2,1-2H3. The number of nitrogens with zero attached hydrogens (tertiary/aromatic N) is 3. The van der Waals surface area contributed by atoms with Crippen LogP contribution < -0.4 is 4.90 Å². The molecule has 0 aliphatic carbocycles. The van der Waals surface area contributed by atoms with Gasteiger partial charge in [0, 0.05) is 13.1 Å². The third kappa shape index (κ3) is 2.56. The van der Waals surface area contributed by atoms with E-state index in [0.717, 1.165) is 25.3 Å². The molecule has 4 nitrogen and oxygen atoms in total. The molecule has 0 radical (unpaired) electrons. The van der Waals surface area contributed by atoms with Gasteiger partial charge in [-0.15, -0.1) is 0 Å². The largest absolute Gasteiger partial charge is 0.372 e. The summed E-state index contributed by atoms with van der Waals surface area (Å²) < 4.78 is 5.79. The maximum atomic E-state index is 8.85.